The van der Waals surface area contributed by atoms with Gasteiger partial charge in [0.1, 0.15) is 12.4 Å². The molecule has 0 saturated carbocycles. The molecule has 3 rings (SSSR count). The van der Waals surface area contributed by atoms with E-state index in [-0.39, 0.29) is 0 Å². The highest BCUT2D eigenvalue weighted by molar-refractivity contribution is 6.17. The number of benzene rings is 2. The summed E-state index contributed by atoms with van der Waals surface area (Å²) in [4.78, 5) is 4.64. The number of hydrogen-bond acceptors (Lipinski definition) is 2. The predicted octanol–water partition coefficient (Wildman–Crippen LogP) is 5.17. The molecule has 0 aliphatic heterocycles. The molecule has 0 atom stereocenters. The van der Waals surface area contributed by atoms with Gasteiger partial charge in [0, 0.05) is 10.9 Å². The molecule has 22 heavy (non-hydrogen) atoms. The summed E-state index contributed by atoms with van der Waals surface area (Å²) in [6, 6.07) is 16.4. The summed E-state index contributed by atoms with van der Waals surface area (Å²) in [7, 11) is 0. The number of ether oxygens (including phenoxy) is 1. The van der Waals surface area contributed by atoms with E-state index in [1.807, 2.05) is 31.2 Å². The molecule has 0 fully saturated rings. The van der Waals surface area contributed by atoms with E-state index < -0.39 is 0 Å². The first kappa shape index (κ1) is 14.9. The number of fused-ring (bicyclic) bond motifs is 1. The van der Waals surface area contributed by atoms with Crippen molar-refractivity contribution in [3.8, 4) is 5.75 Å². The van der Waals surface area contributed by atoms with Gasteiger partial charge in [-0.3, -0.25) is 4.98 Å². The SMILES string of the molecule is Cc1ccc2nc(CCl)c(C)c(OCc3ccccc3)c2c1. The van der Waals surface area contributed by atoms with Gasteiger partial charge in [0.25, 0.3) is 0 Å². The number of aromatic nitrogens is 1. The van der Waals surface area contributed by atoms with E-state index in [0.717, 1.165) is 33.5 Å². The molecule has 1 aromatic heterocycles. The van der Waals surface area contributed by atoms with Crippen molar-refractivity contribution in [1.29, 1.82) is 0 Å². The molecule has 112 valence electrons. The van der Waals surface area contributed by atoms with Crippen molar-refractivity contribution in [3.05, 3.63) is 70.9 Å². The van der Waals surface area contributed by atoms with Crippen LogP contribution in [-0.2, 0) is 12.5 Å². The van der Waals surface area contributed by atoms with Gasteiger partial charge in [-0.1, -0.05) is 42.0 Å². The first-order valence-corrected chi connectivity index (χ1v) is 7.85. The maximum absolute atomic E-state index is 6.13. The van der Waals surface area contributed by atoms with E-state index in [1.54, 1.807) is 0 Å². The van der Waals surface area contributed by atoms with Crippen LogP contribution in [0.15, 0.2) is 48.5 Å². The number of hydrogen-bond donors (Lipinski definition) is 0. The molecule has 0 N–H and O–H groups in total. The van der Waals surface area contributed by atoms with Gasteiger partial charge < -0.3 is 4.74 Å². The summed E-state index contributed by atoms with van der Waals surface area (Å²) in [5.74, 6) is 1.27. The van der Waals surface area contributed by atoms with E-state index in [9.17, 15) is 0 Å². The molecule has 0 aliphatic rings. The zero-order valence-electron chi connectivity index (χ0n) is 12.8. The minimum absolute atomic E-state index is 0.386. The average Bonchev–Trinajstić information content (AvgIpc) is 2.54. The average molecular weight is 312 g/mol. The molecular formula is C19H18ClNO. The lowest BCUT2D eigenvalue weighted by Crippen LogP contribution is -2.02. The van der Waals surface area contributed by atoms with Gasteiger partial charge in [-0.2, -0.15) is 0 Å². The van der Waals surface area contributed by atoms with Crippen LogP contribution in [0.3, 0.4) is 0 Å². The van der Waals surface area contributed by atoms with Crippen molar-refractivity contribution in [2.24, 2.45) is 0 Å². The van der Waals surface area contributed by atoms with Crippen LogP contribution in [0.4, 0.5) is 0 Å². The summed E-state index contributed by atoms with van der Waals surface area (Å²) in [5, 5.41) is 1.04. The van der Waals surface area contributed by atoms with Gasteiger partial charge in [-0.05, 0) is 31.5 Å². The Labute approximate surface area is 135 Å². The maximum Gasteiger partial charge on any atom is 0.133 e. The Bertz CT molecular complexity index is 799. The molecule has 1 heterocycles. The quantitative estimate of drug-likeness (QED) is 0.620. The summed E-state index contributed by atoms with van der Waals surface area (Å²) in [6.07, 6.45) is 0. The van der Waals surface area contributed by atoms with Crippen molar-refractivity contribution < 1.29 is 4.74 Å². The normalized spacial score (nSPS) is 10.9. The molecule has 0 amide bonds. The second kappa shape index (κ2) is 6.37. The number of halogens is 1. The minimum atomic E-state index is 0.386. The Morgan fingerprint density at radius 3 is 2.55 bits per heavy atom. The highest BCUT2D eigenvalue weighted by Gasteiger charge is 2.13. The van der Waals surface area contributed by atoms with Gasteiger partial charge in [0.15, 0.2) is 0 Å². The smallest absolute Gasteiger partial charge is 0.133 e. The fourth-order valence-corrected chi connectivity index (χ4v) is 2.80. The van der Waals surface area contributed by atoms with E-state index in [0.29, 0.717) is 12.5 Å². The van der Waals surface area contributed by atoms with Crippen molar-refractivity contribution in [1.82, 2.24) is 4.98 Å². The lowest BCUT2D eigenvalue weighted by Gasteiger charge is -2.15. The molecule has 2 aromatic carbocycles. The molecule has 2 nitrogen and oxygen atoms in total. The lowest BCUT2D eigenvalue weighted by atomic mass is 10.1. The van der Waals surface area contributed by atoms with Crippen LogP contribution in [0, 0.1) is 13.8 Å². The van der Waals surface area contributed by atoms with Crippen LogP contribution in [0.1, 0.15) is 22.4 Å². The summed E-state index contributed by atoms with van der Waals surface area (Å²) in [6.45, 7) is 4.63. The fraction of sp³-hybridized carbons (Fsp3) is 0.211. The van der Waals surface area contributed by atoms with E-state index in [4.69, 9.17) is 16.3 Å². The van der Waals surface area contributed by atoms with Crippen LogP contribution >= 0.6 is 11.6 Å². The Hall–Kier alpha value is -2.06. The fourth-order valence-electron chi connectivity index (χ4n) is 2.54. The second-order valence-corrected chi connectivity index (χ2v) is 5.71. The Morgan fingerprint density at radius 1 is 1.05 bits per heavy atom. The van der Waals surface area contributed by atoms with Crippen LogP contribution in [-0.4, -0.2) is 4.98 Å². The molecule has 0 aliphatic carbocycles. The van der Waals surface area contributed by atoms with Crippen LogP contribution in [0.25, 0.3) is 10.9 Å². The highest BCUT2D eigenvalue weighted by atomic mass is 35.5. The Balaban J connectivity index is 2.05. The zero-order chi connectivity index (χ0) is 15.5. The van der Waals surface area contributed by atoms with E-state index >= 15 is 0 Å². The molecular weight excluding hydrogens is 294 g/mol. The second-order valence-electron chi connectivity index (χ2n) is 5.44. The molecule has 0 radical (unpaired) electrons. The first-order chi connectivity index (χ1) is 10.7. The van der Waals surface area contributed by atoms with Crippen molar-refractivity contribution in [2.75, 3.05) is 0 Å². The zero-order valence-corrected chi connectivity index (χ0v) is 13.5. The number of alkyl halides is 1. The van der Waals surface area contributed by atoms with Gasteiger partial charge in [-0.25, -0.2) is 0 Å². The largest absolute Gasteiger partial charge is 0.488 e. The third-order valence-electron chi connectivity index (χ3n) is 3.78. The van der Waals surface area contributed by atoms with Crippen molar-refractivity contribution in [3.63, 3.8) is 0 Å². The summed E-state index contributed by atoms with van der Waals surface area (Å²) < 4.78 is 6.13. The number of rotatable bonds is 4. The highest BCUT2D eigenvalue weighted by Crippen LogP contribution is 2.32. The molecule has 0 unspecified atom stereocenters. The number of aryl methyl sites for hydroxylation is 1. The van der Waals surface area contributed by atoms with Gasteiger partial charge >= 0.3 is 0 Å². The Kier molecular flexibility index (Phi) is 4.30. The molecule has 3 aromatic rings. The van der Waals surface area contributed by atoms with Crippen LogP contribution in [0.2, 0.25) is 0 Å². The van der Waals surface area contributed by atoms with Gasteiger partial charge in [-0.15, -0.1) is 11.6 Å². The van der Waals surface area contributed by atoms with Gasteiger partial charge in [0.05, 0.1) is 17.1 Å². The molecule has 3 heteroatoms. The third-order valence-corrected chi connectivity index (χ3v) is 4.03. The maximum atomic E-state index is 6.13. The van der Waals surface area contributed by atoms with Gasteiger partial charge in [0.2, 0.25) is 0 Å². The molecule has 0 spiro atoms. The topological polar surface area (TPSA) is 22.1 Å². The molecule has 0 bridgehead atoms. The Morgan fingerprint density at radius 2 is 1.82 bits per heavy atom. The monoisotopic (exact) mass is 311 g/mol. The number of nitrogens with zero attached hydrogens (tertiary/aromatic N) is 1. The standard InChI is InChI=1S/C19H18ClNO/c1-13-8-9-17-16(10-13)19(14(2)18(11-20)21-17)22-12-15-6-4-3-5-7-15/h3-10H,11-12H2,1-2H3. The van der Waals surface area contributed by atoms with Crippen LogP contribution < -0.4 is 4.74 Å². The molecule has 0 saturated heterocycles. The number of pyridine rings is 1. The van der Waals surface area contributed by atoms with E-state index in [2.05, 4.69) is 36.2 Å². The third kappa shape index (κ3) is 2.93. The summed E-state index contributed by atoms with van der Waals surface area (Å²) in [5.41, 5.74) is 5.16. The van der Waals surface area contributed by atoms with Crippen molar-refractivity contribution >= 4 is 22.5 Å². The lowest BCUT2D eigenvalue weighted by molar-refractivity contribution is 0.307. The summed E-state index contributed by atoms with van der Waals surface area (Å²) >= 11 is 6.03. The minimum Gasteiger partial charge on any atom is -0.488 e. The van der Waals surface area contributed by atoms with E-state index in [1.165, 1.54) is 5.56 Å². The predicted molar refractivity (Wildman–Crippen MR) is 91.5 cm³/mol. The van der Waals surface area contributed by atoms with Crippen LogP contribution in [0.5, 0.6) is 5.75 Å². The van der Waals surface area contributed by atoms with Crippen molar-refractivity contribution in [2.45, 2.75) is 26.3 Å². The first-order valence-electron chi connectivity index (χ1n) is 7.31.